The van der Waals surface area contributed by atoms with Crippen LogP contribution in [0.5, 0.6) is 0 Å². The van der Waals surface area contributed by atoms with Crippen LogP contribution in [0.2, 0.25) is 0 Å². The number of hydrogen-bond acceptors (Lipinski definition) is 3. The molecule has 1 aromatic carbocycles. The summed E-state index contributed by atoms with van der Waals surface area (Å²) in [5, 5.41) is 0. The fourth-order valence-corrected chi connectivity index (χ4v) is 2.00. The molecule has 3 heteroatoms. The maximum atomic E-state index is 6.30. The minimum Gasteiger partial charge on any atom is -0.385 e. The van der Waals surface area contributed by atoms with Gasteiger partial charge in [-0.3, -0.25) is 0 Å². The third kappa shape index (κ3) is 4.77. The second-order valence-electron chi connectivity index (χ2n) is 4.86. The van der Waals surface area contributed by atoms with E-state index in [0.717, 1.165) is 18.6 Å². The predicted octanol–water partition coefficient (Wildman–Crippen LogP) is 2.76. The lowest BCUT2D eigenvalue weighted by atomic mass is 9.94. The lowest BCUT2D eigenvalue weighted by Crippen LogP contribution is -2.33. The van der Waals surface area contributed by atoms with Gasteiger partial charge in [0.2, 0.25) is 0 Å². The van der Waals surface area contributed by atoms with E-state index in [-0.39, 0.29) is 12.1 Å². The van der Waals surface area contributed by atoms with Gasteiger partial charge in [-0.15, -0.1) is 0 Å². The van der Waals surface area contributed by atoms with E-state index in [0.29, 0.717) is 12.5 Å². The summed E-state index contributed by atoms with van der Waals surface area (Å²) < 4.78 is 10.9. The summed E-state index contributed by atoms with van der Waals surface area (Å²) in [5.74, 6) is 0.391. The zero-order chi connectivity index (χ0) is 13.4. The van der Waals surface area contributed by atoms with Gasteiger partial charge >= 0.3 is 0 Å². The van der Waals surface area contributed by atoms with Crippen molar-refractivity contribution in [2.24, 2.45) is 11.7 Å². The molecular formula is C15H25NO2. The van der Waals surface area contributed by atoms with Gasteiger partial charge in [-0.25, -0.2) is 0 Å². The van der Waals surface area contributed by atoms with Crippen molar-refractivity contribution in [3.8, 4) is 0 Å². The molecule has 0 aliphatic heterocycles. The quantitative estimate of drug-likeness (QED) is 0.723. The van der Waals surface area contributed by atoms with E-state index in [1.807, 2.05) is 18.2 Å². The van der Waals surface area contributed by atoms with Crippen LogP contribution in [-0.2, 0) is 9.47 Å². The van der Waals surface area contributed by atoms with Gasteiger partial charge in [-0.05, 0) is 17.9 Å². The highest BCUT2D eigenvalue weighted by Gasteiger charge is 2.23. The highest BCUT2D eigenvalue weighted by atomic mass is 16.5. The highest BCUT2D eigenvalue weighted by molar-refractivity contribution is 5.19. The molecule has 0 saturated heterocycles. The van der Waals surface area contributed by atoms with Crippen LogP contribution in [0, 0.1) is 5.92 Å². The number of ether oxygens (including phenoxy) is 2. The topological polar surface area (TPSA) is 44.5 Å². The minimum atomic E-state index is -0.0752. The molecule has 2 unspecified atom stereocenters. The fourth-order valence-electron chi connectivity index (χ4n) is 2.00. The molecule has 18 heavy (non-hydrogen) atoms. The van der Waals surface area contributed by atoms with Crippen molar-refractivity contribution in [3.05, 3.63) is 35.9 Å². The first kappa shape index (κ1) is 15.2. The third-order valence-corrected chi connectivity index (χ3v) is 3.00. The molecule has 0 fully saturated rings. The molecule has 0 bridgehead atoms. The van der Waals surface area contributed by atoms with Crippen molar-refractivity contribution in [1.82, 2.24) is 0 Å². The zero-order valence-electron chi connectivity index (χ0n) is 11.6. The number of hydrogen-bond donors (Lipinski definition) is 1. The first-order valence-corrected chi connectivity index (χ1v) is 6.58. The number of benzene rings is 1. The molecule has 2 atom stereocenters. The molecule has 0 heterocycles. The molecule has 0 spiro atoms. The first-order valence-electron chi connectivity index (χ1n) is 6.58. The number of methoxy groups -OCH3 is 1. The molecular weight excluding hydrogens is 226 g/mol. The second kappa shape index (κ2) is 8.25. The van der Waals surface area contributed by atoms with Crippen molar-refractivity contribution in [3.63, 3.8) is 0 Å². The number of nitrogens with two attached hydrogens (primary N) is 1. The Balaban J connectivity index is 2.56. The molecule has 1 rings (SSSR count). The van der Waals surface area contributed by atoms with E-state index in [2.05, 4.69) is 26.0 Å². The van der Waals surface area contributed by atoms with Gasteiger partial charge in [0.1, 0.15) is 0 Å². The van der Waals surface area contributed by atoms with Crippen LogP contribution in [0.15, 0.2) is 30.3 Å². The van der Waals surface area contributed by atoms with Crippen LogP contribution in [-0.4, -0.2) is 26.4 Å². The fraction of sp³-hybridized carbons (Fsp3) is 0.600. The lowest BCUT2D eigenvalue weighted by molar-refractivity contribution is -0.00354. The maximum Gasteiger partial charge on any atom is 0.0790 e. The summed E-state index contributed by atoms with van der Waals surface area (Å²) in [4.78, 5) is 0. The average Bonchev–Trinajstić information content (AvgIpc) is 2.39. The van der Waals surface area contributed by atoms with Crippen LogP contribution in [0.4, 0.5) is 0 Å². The van der Waals surface area contributed by atoms with E-state index in [9.17, 15) is 0 Å². The van der Waals surface area contributed by atoms with Gasteiger partial charge in [0, 0.05) is 20.3 Å². The van der Waals surface area contributed by atoms with Crippen molar-refractivity contribution in [1.29, 1.82) is 0 Å². The predicted molar refractivity (Wildman–Crippen MR) is 74.4 cm³/mol. The summed E-state index contributed by atoms with van der Waals surface area (Å²) >= 11 is 0. The van der Waals surface area contributed by atoms with E-state index in [4.69, 9.17) is 15.2 Å². The Bertz CT molecular complexity index is 314. The van der Waals surface area contributed by atoms with Gasteiger partial charge in [-0.2, -0.15) is 0 Å². The van der Waals surface area contributed by atoms with Crippen molar-refractivity contribution < 1.29 is 9.47 Å². The van der Waals surface area contributed by atoms with Crippen molar-refractivity contribution in [2.45, 2.75) is 32.4 Å². The summed E-state index contributed by atoms with van der Waals surface area (Å²) in [6, 6.07) is 10.1. The Hall–Kier alpha value is -0.900. The zero-order valence-corrected chi connectivity index (χ0v) is 11.6. The van der Waals surface area contributed by atoms with Crippen LogP contribution < -0.4 is 5.73 Å². The van der Waals surface area contributed by atoms with Gasteiger partial charge in [0.15, 0.2) is 0 Å². The number of rotatable bonds is 8. The Morgan fingerprint density at radius 3 is 2.33 bits per heavy atom. The van der Waals surface area contributed by atoms with Crippen LogP contribution in [0.3, 0.4) is 0 Å². The molecule has 0 amide bonds. The molecule has 102 valence electrons. The lowest BCUT2D eigenvalue weighted by Gasteiger charge is -2.28. The van der Waals surface area contributed by atoms with Crippen LogP contribution in [0.1, 0.15) is 31.9 Å². The average molecular weight is 251 g/mol. The minimum absolute atomic E-state index is 0.0456. The van der Waals surface area contributed by atoms with Gasteiger partial charge in [-0.1, -0.05) is 44.2 Å². The van der Waals surface area contributed by atoms with E-state index < -0.39 is 0 Å². The van der Waals surface area contributed by atoms with Crippen LogP contribution >= 0.6 is 0 Å². The standard InChI is InChI=1S/C15H25NO2/c1-12(2)15(18-11-7-10-17-3)14(16)13-8-5-4-6-9-13/h4-6,8-9,12,14-15H,7,10-11,16H2,1-3H3. The molecule has 1 aromatic rings. The van der Waals surface area contributed by atoms with E-state index in [1.165, 1.54) is 0 Å². The van der Waals surface area contributed by atoms with E-state index in [1.54, 1.807) is 7.11 Å². The molecule has 0 saturated carbocycles. The molecule has 2 N–H and O–H groups in total. The van der Waals surface area contributed by atoms with Crippen LogP contribution in [0.25, 0.3) is 0 Å². The summed E-state index contributed by atoms with van der Waals surface area (Å²) in [6.07, 6.45) is 0.950. The second-order valence-corrected chi connectivity index (χ2v) is 4.86. The normalized spacial score (nSPS) is 14.7. The molecule has 0 radical (unpaired) electrons. The Morgan fingerprint density at radius 2 is 1.78 bits per heavy atom. The Labute approximate surface area is 110 Å². The molecule has 0 aliphatic carbocycles. The van der Waals surface area contributed by atoms with Crippen molar-refractivity contribution in [2.75, 3.05) is 20.3 Å². The monoisotopic (exact) mass is 251 g/mol. The van der Waals surface area contributed by atoms with Gasteiger partial charge in [0.05, 0.1) is 12.1 Å². The summed E-state index contributed by atoms with van der Waals surface area (Å²) in [5.41, 5.74) is 7.43. The van der Waals surface area contributed by atoms with Crippen molar-refractivity contribution >= 4 is 0 Å². The Kier molecular flexibility index (Phi) is 6.94. The smallest absolute Gasteiger partial charge is 0.0790 e. The molecule has 0 aromatic heterocycles. The van der Waals surface area contributed by atoms with E-state index >= 15 is 0 Å². The summed E-state index contributed by atoms with van der Waals surface area (Å²) in [7, 11) is 1.70. The Morgan fingerprint density at radius 1 is 1.11 bits per heavy atom. The molecule has 3 nitrogen and oxygen atoms in total. The first-order chi connectivity index (χ1) is 8.66. The largest absolute Gasteiger partial charge is 0.385 e. The maximum absolute atomic E-state index is 6.30. The molecule has 0 aliphatic rings. The highest BCUT2D eigenvalue weighted by Crippen LogP contribution is 2.22. The summed E-state index contributed by atoms with van der Waals surface area (Å²) in [6.45, 7) is 5.70. The van der Waals surface area contributed by atoms with Gasteiger partial charge in [0.25, 0.3) is 0 Å². The third-order valence-electron chi connectivity index (χ3n) is 3.00. The van der Waals surface area contributed by atoms with Gasteiger partial charge < -0.3 is 15.2 Å². The SMILES string of the molecule is COCCCOC(C(C)C)C(N)c1ccccc1.